The van der Waals surface area contributed by atoms with Crippen molar-refractivity contribution in [2.45, 2.75) is 50.0 Å². The van der Waals surface area contributed by atoms with E-state index in [0.29, 0.717) is 18.4 Å². The summed E-state index contributed by atoms with van der Waals surface area (Å²) >= 11 is 0. The highest BCUT2D eigenvalue weighted by molar-refractivity contribution is 7.89. The molecule has 0 heterocycles. The number of rotatable bonds is 4. The maximum Gasteiger partial charge on any atom is 0.241 e. The van der Waals surface area contributed by atoms with E-state index >= 15 is 0 Å². The monoisotopic (exact) mass is 347 g/mol. The molecule has 0 unspecified atom stereocenters. The van der Waals surface area contributed by atoms with E-state index in [1.54, 1.807) is 36.4 Å². The first-order chi connectivity index (χ1) is 11.3. The van der Waals surface area contributed by atoms with Crippen LogP contribution in [0.1, 0.15) is 42.4 Å². The van der Waals surface area contributed by atoms with E-state index in [0.717, 1.165) is 24.0 Å². The Labute approximate surface area is 143 Å². The van der Waals surface area contributed by atoms with Gasteiger partial charge in [0.05, 0.1) is 10.4 Å². The van der Waals surface area contributed by atoms with E-state index in [2.05, 4.69) is 4.72 Å². The van der Waals surface area contributed by atoms with Crippen LogP contribution in [0.2, 0.25) is 0 Å². The topological polar surface area (TPSA) is 46.2 Å². The molecule has 1 saturated carbocycles. The molecule has 3 nitrogen and oxygen atoms in total. The number of aryl methyl sites for hydroxylation is 2. The summed E-state index contributed by atoms with van der Waals surface area (Å²) in [6, 6.07) is 11.5. The highest BCUT2D eigenvalue weighted by Gasteiger charge is 2.41. The zero-order valence-corrected chi connectivity index (χ0v) is 14.8. The molecule has 2 aromatic carbocycles. The molecular weight excluding hydrogens is 325 g/mol. The molecular formula is C19H22FNO2S. The van der Waals surface area contributed by atoms with Crippen molar-refractivity contribution in [2.75, 3.05) is 0 Å². The molecule has 0 atom stereocenters. The summed E-state index contributed by atoms with van der Waals surface area (Å²) in [4.78, 5) is 0.230. The molecule has 1 aliphatic carbocycles. The van der Waals surface area contributed by atoms with Crippen molar-refractivity contribution in [1.29, 1.82) is 0 Å². The Hall–Kier alpha value is -1.72. The summed E-state index contributed by atoms with van der Waals surface area (Å²) < 4.78 is 43.0. The lowest BCUT2D eigenvalue weighted by atomic mass is 9.89. The number of hydrogen-bond acceptors (Lipinski definition) is 2. The minimum atomic E-state index is -3.72. The zero-order valence-electron chi connectivity index (χ0n) is 14.0. The Morgan fingerprint density at radius 3 is 2.29 bits per heavy atom. The second kappa shape index (κ2) is 6.30. The standard InChI is InChI=1S/C19H22FNO2S/c1-14-9-10-16(13-15(14)2)24(22,23)21-19(11-5-6-12-19)17-7-3-4-8-18(17)20/h3-4,7-10,13,21H,5-6,11-12H2,1-2H3. The molecule has 0 aliphatic heterocycles. The van der Waals surface area contributed by atoms with Gasteiger partial charge in [-0.05, 0) is 56.0 Å². The first-order valence-corrected chi connectivity index (χ1v) is 9.69. The molecule has 0 aromatic heterocycles. The van der Waals surface area contributed by atoms with E-state index in [4.69, 9.17) is 0 Å². The zero-order chi connectivity index (χ0) is 17.4. The van der Waals surface area contributed by atoms with Crippen LogP contribution in [-0.2, 0) is 15.6 Å². The molecule has 2 aromatic rings. The summed E-state index contributed by atoms with van der Waals surface area (Å²) in [6.07, 6.45) is 2.98. The Morgan fingerprint density at radius 1 is 1.00 bits per heavy atom. The van der Waals surface area contributed by atoms with Crippen LogP contribution in [0.3, 0.4) is 0 Å². The first-order valence-electron chi connectivity index (χ1n) is 8.20. The summed E-state index contributed by atoms with van der Waals surface area (Å²) in [5.41, 5.74) is 1.54. The van der Waals surface area contributed by atoms with Crippen molar-refractivity contribution >= 4 is 10.0 Å². The fourth-order valence-corrected chi connectivity index (χ4v) is 4.98. The van der Waals surface area contributed by atoms with Gasteiger partial charge in [-0.25, -0.2) is 17.5 Å². The summed E-state index contributed by atoms with van der Waals surface area (Å²) in [5.74, 6) is -0.359. The van der Waals surface area contributed by atoms with Gasteiger partial charge < -0.3 is 0 Å². The first kappa shape index (κ1) is 17.1. The Kier molecular flexibility index (Phi) is 4.49. The van der Waals surface area contributed by atoms with E-state index in [9.17, 15) is 12.8 Å². The van der Waals surface area contributed by atoms with Crippen LogP contribution in [-0.4, -0.2) is 8.42 Å². The fraction of sp³-hybridized carbons (Fsp3) is 0.368. The molecule has 0 amide bonds. The summed E-state index contributed by atoms with van der Waals surface area (Å²) in [7, 11) is -3.72. The number of nitrogens with one attached hydrogen (secondary N) is 1. The average Bonchev–Trinajstić information content (AvgIpc) is 2.99. The molecule has 0 radical (unpaired) electrons. The second-order valence-corrected chi connectivity index (χ2v) is 8.30. The fourth-order valence-electron chi connectivity index (χ4n) is 3.45. The van der Waals surface area contributed by atoms with Crippen molar-refractivity contribution in [3.8, 4) is 0 Å². The third kappa shape index (κ3) is 3.10. The van der Waals surface area contributed by atoms with Crippen molar-refractivity contribution in [2.24, 2.45) is 0 Å². The smallest absolute Gasteiger partial charge is 0.207 e. The van der Waals surface area contributed by atoms with Crippen molar-refractivity contribution in [3.05, 3.63) is 65.0 Å². The normalized spacial score (nSPS) is 17.1. The van der Waals surface area contributed by atoms with Gasteiger partial charge >= 0.3 is 0 Å². The van der Waals surface area contributed by atoms with Crippen LogP contribution in [0, 0.1) is 19.7 Å². The molecule has 5 heteroatoms. The predicted octanol–water partition coefficient (Wildman–Crippen LogP) is 4.19. The van der Waals surface area contributed by atoms with E-state index in [1.807, 2.05) is 13.8 Å². The Morgan fingerprint density at radius 2 is 1.67 bits per heavy atom. The number of hydrogen-bond donors (Lipinski definition) is 1. The van der Waals surface area contributed by atoms with Gasteiger partial charge in [-0.2, -0.15) is 0 Å². The lowest BCUT2D eigenvalue weighted by molar-refractivity contribution is 0.385. The minimum absolute atomic E-state index is 0.230. The quantitative estimate of drug-likeness (QED) is 0.901. The third-order valence-electron chi connectivity index (χ3n) is 4.96. The van der Waals surface area contributed by atoms with Gasteiger partial charge in [0.1, 0.15) is 5.82 Å². The largest absolute Gasteiger partial charge is 0.241 e. The molecule has 1 N–H and O–H groups in total. The van der Waals surface area contributed by atoms with Gasteiger partial charge in [0.15, 0.2) is 0 Å². The van der Waals surface area contributed by atoms with Crippen LogP contribution in [0.15, 0.2) is 47.4 Å². The van der Waals surface area contributed by atoms with Crippen molar-refractivity contribution in [1.82, 2.24) is 4.72 Å². The van der Waals surface area contributed by atoms with Crippen LogP contribution in [0.4, 0.5) is 4.39 Å². The Bertz CT molecular complexity index is 855. The molecule has 3 rings (SSSR count). The van der Waals surface area contributed by atoms with Gasteiger partial charge in [0.25, 0.3) is 0 Å². The minimum Gasteiger partial charge on any atom is -0.207 e. The molecule has 24 heavy (non-hydrogen) atoms. The maximum atomic E-state index is 14.3. The molecule has 1 fully saturated rings. The van der Waals surface area contributed by atoms with Crippen LogP contribution >= 0.6 is 0 Å². The molecule has 0 spiro atoms. The highest BCUT2D eigenvalue weighted by atomic mass is 32.2. The number of sulfonamides is 1. The van der Waals surface area contributed by atoms with Crippen LogP contribution in [0.5, 0.6) is 0 Å². The molecule has 0 saturated heterocycles. The Balaban J connectivity index is 2.02. The van der Waals surface area contributed by atoms with E-state index in [1.165, 1.54) is 6.07 Å². The van der Waals surface area contributed by atoms with Crippen LogP contribution < -0.4 is 4.72 Å². The van der Waals surface area contributed by atoms with Gasteiger partial charge in [-0.15, -0.1) is 0 Å². The number of halogens is 1. The molecule has 0 bridgehead atoms. The van der Waals surface area contributed by atoms with Crippen LogP contribution in [0.25, 0.3) is 0 Å². The van der Waals surface area contributed by atoms with E-state index in [-0.39, 0.29) is 10.7 Å². The maximum absolute atomic E-state index is 14.3. The summed E-state index contributed by atoms with van der Waals surface area (Å²) in [6.45, 7) is 3.83. The second-order valence-electron chi connectivity index (χ2n) is 6.62. The number of benzene rings is 2. The van der Waals surface area contributed by atoms with Gasteiger partial charge in [0.2, 0.25) is 10.0 Å². The highest BCUT2D eigenvalue weighted by Crippen LogP contribution is 2.41. The molecule has 128 valence electrons. The third-order valence-corrected chi connectivity index (χ3v) is 6.50. The van der Waals surface area contributed by atoms with Gasteiger partial charge in [0, 0.05) is 5.56 Å². The van der Waals surface area contributed by atoms with E-state index < -0.39 is 15.6 Å². The lowest BCUT2D eigenvalue weighted by Crippen LogP contribution is -2.44. The van der Waals surface area contributed by atoms with Crippen molar-refractivity contribution in [3.63, 3.8) is 0 Å². The van der Waals surface area contributed by atoms with Gasteiger partial charge in [-0.3, -0.25) is 0 Å². The predicted molar refractivity (Wildman–Crippen MR) is 92.8 cm³/mol. The lowest BCUT2D eigenvalue weighted by Gasteiger charge is -2.31. The summed E-state index contributed by atoms with van der Waals surface area (Å²) in [5, 5.41) is 0. The van der Waals surface area contributed by atoms with Crippen molar-refractivity contribution < 1.29 is 12.8 Å². The SMILES string of the molecule is Cc1ccc(S(=O)(=O)NC2(c3ccccc3F)CCCC2)cc1C. The van der Waals surface area contributed by atoms with Gasteiger partial charge in [-0.1, -0.05) is 37.1 Å². The molecule has 1 aliphatic rings. The average molecular weight is 347 g/mol.